The molecule has 2 aromatic carbocycles. The van der Waals surface area contributed by atoms with Crippen molar-refractivity contribution in [3.8, 4) is 11.4 Å². The van der Waals surface area contributed by atoms with E-state index in [9.17, 15) is 19.5 Å². The molecular formula is C33H31FN4O5. The smallest absolute Gasteiger partial charge is 0.343 e. The number of aromatic nitrogens is 2. The number of carbonyl (C=O) groups is 2. The van der Waals surface area contributed by atoms with Gasteiger partial charge in [0.15, 0.2) is 5.60 Å². The van der Waals surface area contributed by atoms with Crippen LogP contribution >= 0.6 is 0 Å². The number of halogens is 1. The van der Waals surface area contributed by atoms with Gasteiger partial charge in [-0.1, -0.05) is 37.3 Å². The van der Waals surface area contributed by atoms with Gasteiger partial charge >= 0.3 is 5.97 Å². The van der Waals surface area contributed by atoms with Gasteiger partial charge in [0.25, 0.3) is 5.56 Å². The molecule has 4 aromatic rings. The molecule has 2 aromatic heterocycles. The number of amides is 1. The number of esters is 1. The largest absolute Gasteiger partial charge is 0.458 e. The minimum atomic E-state index is -1.96. The van der Waals surface area contributed by atoms with E-state index in [4.69, 9.17) is 15.5 Å². The highest BCUT2D eigenvalue weighted by molar-refractivity contribution is 5.94. The van der Waals surface area contributed by atoms with Crippen molar-refractivity contribution in [1.29, 1.82) is 0 Å². The lowest BCUT2D eigenvalue weighted by Gasteiger charge is -2.31. The standard InChI is InChI=1S/C33H31FN4O5/c1-3-33(42)21-12-26-29-19(14-38(26)31(40)20(21)15-43-32(33)41)28-24(37-30(39)23(35)11-17-7-5-4-6-8-17)10-9-18-16(2)22(34)13-25(36-29)27(18)28/h4-8,12-13,23-24,42H,3,9-11,14-15,35H2,1-2H3,(H,37,39)/t23-,24-,33-/m0/s1. The topological polar surface area (TPSA) is 137 Å². The van der Waals surface area contributed by atoms with E-state index in [1.165, 1.54) is 6.07 Å². The second-order valence-corrected chi connectivity index (χ2v) is 11.7. The zero-order valence-corrected chi connectivity index (χ0v) is 23.9. The fraction of sp³-hybridized carbons (Fsp3) is 0.333. The summed E-state index contributed by atoms with van der Waals surface area (Å²) in [6, 6.07) is 11.4. The first-order valence-corrected chi connectivity index (χ1v) is 14.5. The first-order chi connectivity index (χ1) is 20.6. The van der Waals surface area contributed by atoms with Crippen LogP contribution in [0.5, 0.6) is 0 Å². The molecule has 2 aliphatic heterocycles. The molecule has 9 nitrogen and oxygen atoms in total. The maximum Gasteiger partial charge on any atom is 0.343 e. The Morgan fingerprint density at radius 3 is 2.74 bits per heavy atom. The van der Waals surface area contributed by atoms with Gasteiger partial charge in [-0.2, -0.15) is 0 Å². The van der Waals surface area contributed by atoms with Crippen LogP contribution in [0.25, 0.3) is 22.3 Å². The molecule has 4 N–H and O–H groups in total. The number of hydrogen-bond acceptors (Lipinski definition) is 7. The van der Waals surface area contributed by atoms with E-state index < -0.39 is 23.7 Å². The fourth-order valence-corrected chi connectivity index (χ4v) is 6.94. The molecule has 3 aliphatic rings. The first kappa shape index (κ1) is 27.4. The molecule has 0 saturated carbocycles. The van der Waals surface area contributed by atoms with Crippen molar-refractivity contribution in [2.75, 3.05) is 0 Å². The van der Waals surface area contributed by atoms with Crippen LogP contribution in [0.2, 0.25) is 0 Å². The molecule has 10 heteroatoms. The molecule has 0 spiro atoms. The molecule has 43 heavy (non-hydrogen) atoms. The summed E-state index contributed by atoms with van der Waals surface area (Å²) in [6.45, 7) is 3.33. The van der Waals surface area contributed by atoms with E-state index in [2.05, 4.69) is 5.32 Å². The van der Waals surface area contributed by atoms with Crippen molar-refractivity contribution in [2.24, 2.45) is 5.73 Å². The summed E-state index contributed by atoms with van der Waals surface area (Å²) in [5, 5.41) is 15.2. The normalized spacial score (nSPS) is 20.7. The number of nitrogens with one attached hydrogen (secondary N) is 1. The van der Waals surface area contributed by atoms with Crippen molar-refractivity contribution in [3.05, 3.63) is 97.6 Å². The number of nitrogens with two attached hydrogens (primary N) is 1. The van der Waals surface area contributed by atoms with Crippen molar-refractivity contribution in [2.45, 2.75) is 70.4 Å². The van der Waals surface area contributed by atoms with Crippen LogP contribution in [0.4, 0.5) is 4.39 Å². The average Bonchev–Trinajstić information content (AvgIpc) is 3.37. The van der Waals surface area contributed by atoms with E-state index in [1.807, 2.05) is 30.3 Å². The monoisotopic (exact) mass is 582 g/mol. The molecule has 7 rings (SSSR count). The maximum atomic E-state index is 15.1. The Balaban J connectivity index is 1.38. The van der Waals surface area contributed by atoms with E-state index >= 15 is 4.39 Å². The van der Waals surface area contributed by atoms with Crippen LogP contribution in [0.1, 0.15) is 64.8 Å². The minimum absolute atomic E-state index is 0.0240. The molecule has 0 unspecified atom stereocenters. The third kappa shape index (κ3) is 4.04. The van der Waals surface area contributed by atoms with Gasteiger partial charge < -0.3 is 25.5 Å². The molecule has 3 atom stereocenters. The van der Waals surface area contributed by atoms with E-state index in [0.717, 1.165) is 27.6 Å². The number of carbonyl (C=O) groups excluding carboxylic acids is 2. The molecular weight excluding hydrogens is 551 g/mol. The second kappa shape index (κ2) is 9.82. The van der Waals surface area contributed by atoms with Crippen molar-refractivity contribution < 1.29 is 23.8 Å². The summed E-state index contributed by atoms with van der Waals surface area (Å²) in [6.07, 6.45) is 1.46. The summed E-state index contributed by atoms with van der Waals surface area (Å²) in [4.78, 5) is 44.6. The number of nitrogens with zero attached hydrogens (tertiary/aromatic N) is 2. The van der Waals surface area contributed by atoms with Gasteiger partial charge in [0, 0.05) is 22.6 Å². The van der Waals surface area contributed by atoms with Crippen LogP contribution in [0, 0.1) is 12.7 Å². The Kier molecular flexibility index (Phi) is 6.26. The lowest BCUT2D eigenvalue weighted by atomic mass is 9.81. The van der Waals surface area contributed by atoms with E-state index in [-0.39, 0.29) is 48.0 Å². The number of aryl methyl sites for hydroxylation is 1. The highest BCUT2D eigenvalue weighted by atomic mass is 19.1. The highest BCUT2D eigenvalue weighted by Gasteiger charge is 2.46. The summed E-state index contributed by atoms with van der Waals surface area (Å²) < 4.78 is 21.9. The first-order valence-electron chi connectivity index (χ1n) is 14.5. The second-order valence-electron chi connectivity index (χ2n) is 11.7. The van der Waals surface area contributed by atoms with Gasteiger partial charge in [-0.15, -0.1) is 0 Å². The quantitative estimate of drug-likeness (QED) is 0.271. The van der Waals surface area contributed by atoms with Crippen LogP contribution in [-0.2, 0) is 45.9 Å². The number of rotatable bonds is 5. The number of pyridine rings is 2. The predicted octanol–water partition coefficient (Wildman–Crippen LogP) is 3.20. The summed E-state index contributed by atoms with van der Waals surface area (Å²) >= 11 is 0. The fourth-order valence-electron chi connectivity index (χ4n) is 6.94. The third-order valence-corrected chi connectivity index (χ3v) is 9.33. The van der Waals surface area contributed by atoms with Crippen molar-refractivity contribution >= 4 is 22.8 Å². The predicted molar refractivity (Wildman–Crippen MR) is 157 cm³/mol. The number of ether oxygens (including phenoxy) is 1. The average molecular weight is 583 g/mol. The maximum absolute atomic E-state index is 15.1. The van der Waals surface area contributed by atoms with Gasteiger partial charge in [0.05, 0.1) is 41.1 Å². The molecule has 0 radical (unpaired) electrons. The molecule has 1 amide bonds. The molecule has 0 bridgehead atoms. The van der Waals surface area contributed by atoms with Crippen LogP contribution in [0.3, 0.4) is 0 Å². The lowest BCUT2D eigenvalue weighted by Crippen LogP contribution is -2.44. The van der Waals surface area contributed by atoms with Gasteiger partial charge in [-0.05, 0) is 60.9 Å². The van der Waals surface area contributed by atoms with Crippen LogP contribution in [0.15, 0.2) is 47.3 Å². The molecule has 0 fully saturated rings. The molecule has 1 aliphatic carbocycles. The Bertz CT molecular complexity index is 1920. The van der Waals surface area contributed by atoms with Gasteiger partial charge in [0.1, 0.15) is 12.4 Å². The zero-order chi connectivity index (χ0) is 30.2. The van der Waals surface area contributed by atoms with Gasteiger partial charge in [-0.25, -0.2) is 14.2 Å². The SMILES string of the molecule is CC[C@@]1(O)C(=O)OCc2c1cc1n(c2=O)Cc2c-1nc1cc(F)c(C)c3c1c2[C@@H](NC(=O)[C@@H](N)Cc1ccccc1)CC3. The van der Waals surface area contributed by atoms with E-state index in [0.29, 0.717) is 41.7 Å². The highest BCUT2D eigenvalue weighted by Crippen LogP contribution is 2.46. The molecule has 4 heterocycles. The van der Waals surface area contributed by atoms with Crippen LogP contribution in [-0.4, -0.2) is 32.6 Å². The van der Waals surface area contributed by atoms with Gasteiger partial charge in [-0.3, -0.25) is 9.59 Å². The summed E-state index contributed by atoms with van der Waals surface area (Å²) in [5.41, 5.74) is 9.59. The van der Waals surface area contributed by atoms with Crippen molar-refractivity contribution in [1.82, 2.24) is 14.9 Å². The number of cyclic esters (lactones) is 1. The summed E-state index contributed by atoms with van der Waals surface area (Å²) in [7, 11) is 0. The lowest BCUT2D eigenvalue weighted by molar-refractivity contribution is -0.172. The Labute approximate surface area is 246 Å². The Morgan fingerprint density at radius 1 is 1.23 bits per heavy atom. The van der Waals surface area contributed by atoms with Crippen LogP contribution < -0.4 is 16.6 Å². The van der Waals surface area contributed by atoms with Gasteiger partial charge in [0.2, 0.25) is 5.91 Å². The minimum Gasteiger partial charge on any atom is -0.458 e. The molecule has 0 saturated heterocycles. The summed E-state index contributed by atoms with van der Waals surface area (Å²) in [5.74, 6) is -1.48. The third-order valence-electron chi connectivity index (χ3n) is 9.33. The van der Waals surface area contributed by atoms with E-state index in [1.54, 1.807) is 24.5 Å². The number of benzene rings is 2. The Morgan fingerprint density at radius 2 is 2.00 bits per heavy atom. The number of fused-ring (bicyclic) bond motifs is 5. The number of hydrogen-bond donors (Lipinski definition) is 3. The molecule has 220 valence electrons. The Hall–Kier alpha value is -4.41. The van der Waals surface area contributed by atoms with Crippen molar-refractivity contribution in [3.63, 3.8) is 0 Å². The number of aliphatic hydroxyl groups is 1. The zero-order valence-electron chi connectivity index (χ0n) is 23.9.